The van der Waals surface area contributed by atoms with Crippen LogP contribution in [0.1, 0.15) is 128 Å². The maximum Gasteiger partial charge on any atom is 0 e. The van der Waals surface area contributed by atoms with E-state index in [9.17, 15) is 0 Å². The molecule has 0 spiro atoms. The fourth-order valence-corrected chi connectivity index (χ4v) is 15.8. The summed E-state index contributed by atoms with van der Waals surface area (Å²) in [5.41, 5.74) is 4.73. The first-order valence-corrected chi connectivity index (χ1v) is 16.8. The minimum absolute atomic E-state index is 0. The van der Waals surface area contributed by atoms with Crippen LogP contribution in [0.4, 0.5) is 0 Å². The third-order valence-corrected chi connectivity index (χ3v) is 16.4. The van der Waals surface area contributed by atoms with Crippen LogP contribution in [0, 0.1) is 0 Å². The molecule has 30 heavy (non-hydrogen) atoms. The number of halogens is 1. The van der Waals surface area contributed by atoms with Crippen molar-refractivity contribution in [3.63, 3.8) is 0 Å². The second-order valence-electron chi connectivity index (χ2n) is 10.6. The van der Waals surface area contributed by atoms with Gasteiger partial charge in [0.25, 0.3) is 0 Å². The van der Waals surface area contributed by atoms with Crippen molar-refractivity contribution in [3.8, 4) is 0 Å². The molecule has 0 nitrogen and oxygen atoms in total. The van der Waals surface area contributed by atoms with Crippen LogP contribution in [-0.2, 0) is 17.1 Å². The van der Waals surface area contributed by atoms with Gasteiger partial charge in [-0.3, -0.25) is 0 Å². The largest absolute Gasteiger partial charge is 0.147 e. The molecule has 0 aromatic rings. The van der Waals surface area contributed by atoms with Crippen molar-refractivity contribution in [3.05, 3.63) is 0 Å². The second kappa shape index (κ2) is 15.5. The molecule has 4 saturated carbocycles. The molecule has 0 unspecified atom stereocenters. The van der Waals surface area contributed by atoms with Gasteiger partial charge in [-0.2, -0.15) is 0 Å². The summed E-state index contributed by atoms with van der Waals surface area (Å²) in [4.78, 5) is 0. The first-order valence-electron chi connectivity index (χ1n) is 13.4. The molecule has 0 radical (unpaired) electrons. The predicted octanol–water partition coefficient (Wildman–Crippen LogP) is 9.70. The predicted molar refractivity (Wildman–Crippen MR) is 138 cm³/mol. The molecule has 0 atom stereocenters. The van der Waals surface area contributed by atoms with E-state index in [1.54, 1.807) is 141 Å². The van der Waals surface area contributed by atoms with Crippen molar-refractivity contribution in [2.75, 3.05) is 12.3 Å². The van der Waals surface area contributed by atoms with Gasteiger partial charge in [0.1, 0.15) is 0 Å². The zero-order chi connectivity index (χ0) is 19.0. The van der Waals surface area contributed by atoms with Crippen LogP contribution < -0.4 is 0 Å². The van der Waals surface area contributed by atoms with Gasteiger partial charge in [0.05, 0.1) is 0 Å². The Labute approximate surface area is 208 Å². The molecule has 4 aliphatic carbocycles. The van der Waals surface area contributed by atoms with E-state index in [2.05, 4.69) is 0 Å². The van der Waals surface area contributed by atoms with Crippen LogP contribution >= 0.6 is 28.3 Å². The van der Waals surface area contributed by atoms with Gasteiger partial charge in [-0.15, -0.1) is 12.4 Å². The van der Waals surface area contributed by atoms with Crippen LogP contribution in [0.15, 0.2) is 0 Å². The Morgan fingerprint density at radius 3 is 0.767 bits per heavy atom. The van der Waals surface area contributed by atoms with E-state index in [0.717, 1.165) is 0 Å². The Hall–Kier alpha value is 1.67. The van der Waals surface area contributed by atoms with E-state index >= 15 is 0 Å². The molecule has 0 N–H and O–H groups in total. The Bertz CT molecular complexity index is 349. The maximum absolute atomic E-state index is 1.71. The normalized spacial score (nSPS) is 25.8. The standard InChI is InChI=1S/C26H48P2.ClH.Fe/c1-5-13-23(14-6-1)27(24-15-7-2-8-16-24)21-22-28(25-17-9-3-10-18-25)26-19-11-4-12-20-26;;/h23-26H,1-22H2;1H;. The second-order valence-corrected chi connectivity index (χ2v) is 16.5. The quantitative estimate of drug-likeness (QED) is 0.234. The fourth-order valence-electron chi connectivity index (χ4n) is 7.21. The average Bonchev–Trinajstić information content (AvgIpc) is 2.79. The number of hydrogen-bond acceptors (Lipinski definition) is 0. The van der Waals surface area contributed by atoms with E-state index in [4.69, 9.17) is 0 Å². The molecule has 178 valence electrons. The summed E-state index contributed by atoms with van der Waals surface area (Å²) in [5, 5.41) is 0. The van der Waals surface area contributed by atoms with Crippen molar-refractivity contribution < 1.29 is 17.1 Å². The van der Waals surface area contributed by atoms with Gasteiger partial charge in [0.2, 0.25) is 0 Å². The summed E-state index contributed by atoms with van der Waals surface area (Å²) in [6.07, 6.45) is 35.1. The topological polar surface area (TPSA) is 0 Å². The first kappa shape index (κ1) is 27.9. The summed E-state index contributed by atoms with van der Waals surface area (Å²) >= 11 is 0. The van der Waals surface area contributed by atoms with Gasteiger partial charge >= 0.3 is 0 Å². The van der Waals surface area contributed by atoms with Gasteiger partial charge in [-0.05, 0) is 86.3 Å². The van der Waals surface area contributed by atoms with Gasteiger partial charge in [0.15, 0.2) is 0 Å². The van der Waals surface area contributed by atoms with Crippen LogP contribution in [0.5, 0.6) is 0 Å². The third-order valence-electron chi connectivity index (χ3n) is 8.79. The molecule has 0 heterocycles. The van der Waals surface area contributed by atoms with E-state index in [0.29, 0.717) is 15.8 Å². The van der Waals surface area contributed by atoms with Crippen molar-refractivity contribution >= 4 is 28.3 Å². The average molecular weight is 515 g/mol. The first-order chi connectivity index (χ1) is 13.9. The van der Waals surface area contributed by atoms with Crippen LogP contribution in [0.3, 0.4) is 0 Å². The van der Waals surface area contributed by atoms with E-state index < -0.39 is 0 Å². The molecular weight excluding hydrogens is 466 g/mol. The van der Waals surface area contributed by atoms with Crippen molar-refractivity contribution in [2.45, 2.75) is 151 Å². The van der Waals surface area contributed by atoms with Crippen molar-refractivity contribution in [1.82, 2.24) is 0 Å². The summed E-state index contributed by atoms with van der Waals surface area (Å²) in [7, 11) is 0.689. The van der Waals surface area contributed by atoms with Crippen molar-refractivity contribution in [1.29, 1.82) is 0 Å². The number of hydrogen-bond donors (Lipinski definition) is 0. The summed E-state index contributed by atoms with van der Waals surface area (Å²) in [6, 6.07) is 0. The molecule has 4 aliphatic rings. The molecule has 0 amide bonds. The molecule has 0 saturated heterocycles. The van der Waals surface area contributed by atoms with E-state index in [1.165, 1.54) is 22.6 Å². The molecular formula is C26H49ClFeP2. The smallest absolute Gasteiger partial charge is 0 e. The molecule has 4 rings (SSSR count). The maximum atomic E-state index is 1.71. The molecule has 0 aromatic heterocycles. The van der Waals surface area contributed by atoms with Gasteiger partial charge in [-0.1, -0.05) is 92.9 Å². The molecule has 4 heteroatoms. The van der Waals surface area contributed by atoms with E-state index in [-0.39, 0.29) is 29.5 Å². The SMILES string of the molecule is C1CCC(P(CCP(C2CCCCC2)C2CCCCC2)C2CCCCC2)CC1.Cl.[Fe]. The van der Waals surface area contributed by atoms with Gasteiger partial charge < -0.3 is 0 Å². The Morgan fingerprint density at radius 1 is 0.367 bits per heavy atom. The zero-order valence-electron chi connectivity index (χ0n) is 19.5. The molecule has 0 aromatic carbocycles. The molecule has 0 bridgehead atoms. The summed E-state index contributed by atoms with van der Waals surface area (Å²) in [6.45, 7) is 0. The fraction of sp³-hybridized carbons (Fsp3) is 1.00. The Morgan fingerprint density at radius 2 is 0.567 bits per heavy atom. The van der Waals surface area contributed by atoms with Crippen molar-refractivity contribution in [2.24, 2.45) is 0 Å². The minimum Gasteiger partial charge on any atom is -0.147 e. The summed E-state index contributed by atoms with van der Waals surface area (Å²) in [5.74, 6) is 0. The Balaban J connectivity index is 0.00000160. The van der Waals surface area contributed by atoms with E-state index in [1.807, 2.05) is 0 Å². The van der Waals surface area contributed by atoms with Crippen LogP contribution in [0.25, 0.3) is 0 Å². The summed E-state index contributed by atoms with van der Waals surface area (Å²) < 4.78 is 0. The van der Waals surface area contributed by atoms with Gasteiger partial charge in [0, 0.05) is 17.1 Å². The monoisotopic (exact) mass is 514 g/mol. The van der Waals surface area contributed by atoms with Gasteiger partial charge in [-0.25, -0.2) is 0 Å². The van der Waals surface area contributed by atoms with Crippen LogP contribution in [0.2, 0.25) is 0 Å². The van der Waals surface area contributed by atoms with Crippen LogP contribution in [-0.4, -0.2) is 35.0 Å². The molecule has 0 aliphatic heterocycles. The molecule has 4 fully saturated rings. The number of rotatable bonds is 7. The third kappa shape index (κ3) is 8.16. The zero-order valence-corrected chi connectivity index (χ0v) is 23.2. The Kier molecular flexibility index (Phi) is 14.5. The minimum atomic E-state index is 0.